The summed E-state index contributed by atoms with van der Waals surface area (Å²) in [7, 11) is 1.62. The Kier molecular flexibility index (Phi) is 4.55. The van der Waals surface area contributed by atoms with Crippen LogP contribution in [0, 0.1) is 11.3 Å². The van der Waals surface area contributed by atoms with Crippen molar-refractivity contribution in [1.29, 1.82) is 5.26 Å². The predicted molar refractivity (Wildman–Crippen MR) is 104 cm³/mol. The number of nitrogens with zero attached hydrogens (tertiary/aromatic N) is 3. The molecule has 29 heavy (non-hydrogen) atoms. The fourth-order valence-electron chi connectivity index (χ4n) is 4.04. The van der Waals surface area contributed by atoms with Crippen molar-refractivity contribution in [1.82, 2.24) is 15.1 Å². The van der Waals surface area contributed by atoms with E-state index < -0.39 is 11.6 Å². The maximum Gasteiger partial charge on any atom is 0.325 e. The summed E-state index contributed by atoms with van der Waals surface area (Å²) < 4.78 is 0. The quantitative estimate of drug-likeness (QED) is 0.810. The van der Waals surface area contributed by atoms with Gasteiger partial charge in [0.15, 0.2) is 0 Å². The summed E-state index contributed by atoms with van der Waals surface area (Å²) in [5.74, 6) is -0.700. The highest BCUT2D eigenvalue weighted by Crippen LogP contribution is 2.41. The Hall–Kier alpha value is -3.66. The number of hydrogen-bond acceptors (Lipinski definition) is 4. The summed E-state index contributed by atoms with van der Waals surface area (Å²) in [5, 5.41) is 11.7. The highest BCUT2D eigenvalue weighted by Gasteiger charge is 2.55. The number of nitriles is 1. The first-order chi connectivity index (χ1) is 13.9. The van der Waals surface area contributed by atoms with E-state index in [0.717, 1.165) is 21.6 Å². The van der Waals surface area contributed by atoms with Crippen LogP contribution in [0.5, 0.6) is 0 Å². The molecule has 2 aromatic rings. The van der Waals surface area contributed by atoms with E-state index in [2.05, 4.69) is 5.32 Å². The van der Waals surface area contributed by atoms with Gasteiger partial charge in [0.2, 0.25) is 5.91 Å². The van der Waals surface area contributed by atoms with Crippen molar-refractivity contribution in [2.24, 2.45) is 0 Å². The predicted octanol–water partition coefficient (Wildman–Crippen LogP) is 1.91. The van der Waals surface area contributed by atoms with Crippen molar-refractivity contribution >= 4 is 17.8 Å². The van der Waals surface area contributed by atoms with E-state index in [1.165, 1.54) is 4.90 Å². The first-order valence-electron chi connectivity index (χ1n) is 9.40. The number of imide groups is 1. The Balaban J connectivity index is 1.46. The van der Waals surface area contributed by atoms with Crippen LogP contribution in [0.15, 0.2) is 48.5 Å². The molecule has 1 N–H and O–H groups in total. The lowest BCUT2D eigenvalue weighted by atomic mass is 9.92. The number of nitrogens with one attached hydrogen (secondary N) is 1. The second-order valence-electron chi connectivity index (χ2n) is 7.44. The van der Waals surface area contributed by atoms with Gasteiger partial charge in [-0.2, -0.15) is 5.26 Å². The van der Waals surface area contributed by atoms with Crippen molar-refractivity contribution in [2.75, 3.05) is 13.6 Å². The molecule has 0 bridgehead atoms. The Labute approximate surface area is 168 Å². The zero-order valence-corrected chi connectivity index (χ0v) is 16.0. The van der Waals surface area contributed by atoms with Crippen molar-refractivity contribution in [3.05, 3.63) is 70.8 Å². The first kappa shape index (κ1) is 18.7. The molecule has 4 rings (SSSR count). The smallest absolute Gasteiger partial charge is 0.325 e. The van der Waals surface area contributed by atoms with E-state index in [9.17, 15) is 14.4 Å². The minimum absolute atomic E-state index is 0.304. The molecule has 7 heteroatoms. The van der Waals surface area contributed by atoms with Crippen LogP contribution in [0.3, 0.4) is 0 Å². The van der Waals surface area contributed by atoms with Crippen LogP contribution in [0.1, 0.15) is 28.7 Å². The number of rotatable bonds is 4. The second kappa shape index (κ2) is 7.06. The van der Waals surface area contributed by atoms with Crippen molar-refractivity contribution < 1.29 is 14.4 Å². The van der Waals surface area contributed by atoms with Crippen molar-refractivity contribution in [2.45, 2.75) is 24.9 Å². The van der Waals surface area contributed by atoms with Gasteiger partial charge in [0, 0.05) is 13.6 Å². The summed E-state index contributed by atoms with van der Waals surface area (Å²) in [5.41, 5.74) is 2.22. The molecule has 2 aliphatic rings. The Morgan fingerprint density at radius 1 is 1.21 bits per heavy atom. The first-order valence-corrected chi connectivity index (χ1v) is 9.40. The van der Waals surface area contributed by atoms with Gasteiger partial charge in [0.05, 0.1) is 11.6 Å². The number of carbonyl (C=O) groups excluding carboxylic acids is 3. The monoisotopic (exact) mass is 388 g/mol. The minimum Gasteiger partial charge on any atom is -0.340 e. The standard InChI is InChI=1S/C22H20N4O3/c1-25(13-16-8-6-15(12-23)7-9-16)19(27)14-26-20(28)22(24-21(26)29)11-10-17-4-2-3-5-18(17)22/h2-9H,10-11,13-14H2,1H3,(H,24,29). The fraction of sp³-hybridized carbons (Fsp3) is 0.273. The average molecular weight is 388 g/mol. The Morgan fingerprint density at radius 3 is 2.66 bits per heavy atom. The van der Waals surface area contributed by atoms with Crippen LogP contribution in [0.4, 0.5) is 4.79 Å². The maximum absolute atomic E-state index is 13.1. The number of urea groups is 1. The van der Waals surface area contributed by atoms with Gasteiger partial charge in [-0.25, -0.2) is 4.79 Å². The molecule has 1 unspecified atom stereocenters. The SMILES string of the molecule is CN(Cc1ccc(C#N)cc1)C(=O)CN1C(=O)NC2(CCc3ccccc32)C1=O. The largest absolute Gasteiger partial charge is 0.340 e. The van der Waals surface area contributed by atoms with Crippen LogP contribution in [0.25, 0.3) is 0 Å². The zero-order valence-electron chi connectivity index (χ0n) is 16.0. The van der Waals surface area contributed by atoms with E-state index in [0.29, 0.717) is 24.9 Å². The minimum atomic E-state index is -1.06. The molecule has 0 aromatic heterocycles. The molecule has 7 nitrogen and oxygen atoms in total. The summed E-state index contributed by atoms with van der Waals surface area (Å²) in [6.07, 6.45) is 1.21. The van der Waals surface area contributed by atoms with Gasteiger partial charge in [-0.15, -0.1) is 0 Å². The summed E-state index contributed by atoms with van der Waals surface area (Å²) in [6, 6.07) is 16.0. The molecule has 1 spiro atoms. The molecular formula is C22H20N4O3. The average Bonchev–Trinajstić information content (AvgIpc) is 3.22. The lowest BCUT2D eigenvalue weighted by Gasteiger charge is -2.23. The lowest BCUT2D eigenvalue weighted by molar-refractivity contribution is -0.138. The highest BCUT2D eigenvalue weighted by molar-refractivity contribution is 6.09. The molecule has 1 aliphatic carbocycles. The number of likely N-dealkylation sites (N-methyl/N-ethyl adjacent to an activating group) is 1. The summed E-state index contributed by atoms with van der Waals surface area (Å²) in [4.78, 5) is 40.8. The van der Waals surface area contributed by atoms with E-state index in [4.69, 9.17) is 5.26 Å². The Morgan fingerprint density at radius 2 is 1.93 bits per heavy atom. The number of carbonyl (C=O) groups is 3. The number of aryl methyl sites for hydroxylation is 1. The lowest BCUT2D eigenvalue weighted by Crippen LogP contribution is -2.44. The number of benzene rings is 2. The molecule has 1 saturated heterocycles. The van der Waals surface area contributed by atoms with Gasteiger partial charge in [0.1, 0.15) is 12.1 Å². The van der Waals surface area contributed by atoms with Crippen molar-refractivity contribution in [3.63, 3.8) is 0 Å². The van der Waals surface area contributed by atoms with Crippen molar-refractivity contribution in [3.8, 4) is 6.07 Å². The molecule has 0 radical (unpaired) electrons. The van der Waals surface area contributed by atoms with Crippen LogP contribution in [0.2, 0.25) is 0 Å². The van der Waals surface area contributed by atoms with Gasteiger partial charge >= 0.3 is 6.03 Å². The topological polar surface area (TPSA) is 93.5 Å². The van der Waals surface area contributed by atoms with Crippen LogP contribution >= 0.6 is 0 Å². The molecule has 1 aliphatic heterocycles. The molecular weight excluding hydrogens is 368 g/mol. The molecule has 1 atom stereocenters. The normalized spacial score (nSPS) is 19.8. The van der Waals surface area contributed by atoms with Gasteiger partial charge in [0.25, 0.3) is 5.91 Å². The summed E-state index contributed by atoms with van der Waals surface area (Å²) in [6.45, 7) is 0.0174. The van der Waals surface area contributed by atoms with E-state index in [1.54, 1.807) is 31.3 Å². The molecule has 146 valence electrons. The number of amides is 4. The van der Waals surface area contributed by atoms with Gasteiger partial charge in [-0.05, 0) is 41.7 Å². The van der Waals surface area contributed by atoms with Gasteiger partial charge < -0.3 is 10.2 Å². The molecule has 1 fully saturated rings. The highest BCUT2D eigenvalue weighted by atomic mass is 16.2. The molecule has 1 heterocycles. The third-order valence-electron chi connectivity index (χ3n) is 5.64. The molecule has 2 aromatic carbocycles. The number of hydrogen-bond donors (Lipinski definition) is 1. The third-order valence-corrected chi connectivity index (χ3v) is 5.64. The van der Waals surface area contributed by atoms with E-state index in [1.807, 2.05) is 30.3 Å². The van der Waals surface area contributed by atoms with E-state index >= 15 is 0 Å². The number of fused-ring (bicyclic) bond motifs is 2. The van der Waals surface area contributed by atoms with E-state index in [-0.39, 0.29) is 18.4 Å². The second-order valence-corrected chi connectivity index (χ2v) is 7.44. The van der Waals surface area contributed by atoms with Gasteiger partial charge in [-0.3, -0.25) is 14.5 Å². The van der Waals surface area contributed by atoms with Gasteiger partial charge in [-0.1, -0.05) is 36.4 Å². The third kappa shape index (κ3) is 3.13. The summed E-state index contributed by atoms with van der Waals surface area (Å²) >= 11 is 0. The molecule has 4 amide bonds. The molecule has 0 saturated carbocycles. The zero-order chi connectivity index (χ0) is 20.6. The fourth-order valence-corrected chi connectivity index (χ4v) is 4.04. The van der Waals surface area contributed by atoms with Crippen LogP contribution in [-0.4, -0.2) is 41.2 Å². The van der Waals surface area contributed by atoms with Crippen LogP contribution in [-0.2, 0) is 28.1 Å². The van der Waals surface area contributed by atoms with Crippen LogP contribution < -0.4 is 5.32 Å². The Bertz CT molecular complexity index is 1040. The maximum atomic E-state index is 13.1.